The van der Waals surface area contributed by atoms with Crippen molar-refractivity contribution in [2.45, 2.75) is 33.0 Å². The average molecular weight is 206 g/mol. The Hall–Kier alpha value is -1.14. The predicted octanol–water partition coefficient (Wildman–Crippen LogP) is -0.615. The van der Waals surface area contributed by atoms with Crippen LogP contribution in [0.15, 0.2) is 0 Å². The Kier molecular flexibility index (Phi) is 5.11. The van der Waals surface area contributed by atoms with E-state index >= 15 is 0 Å². The van der Waals surface area contributed by atoms with E-state index in [1.807, 2.05) is 0 Å². The molecule has 0 saturated heterocycles. The van der Waals surface area contributed by atoms with Gasteiger partial charge in [0.2, 0.25) is 0 Å². The largest absolute Gasteiger partial charge is 0.391 e. The van der Waals surface area contributed by atoms with Crippen LogP contribution in [0, 0.1) is 5.92 Å². The van der Waals surface area contributed by atoms with Crippen molar-refractivity contribution in [2.75, 3.05) is 0 Å². The summed E-state index contributed by atoms with van der Waals surface area (Å²) in [7, 11) is 0. The predicted molar refractivity (Wildman–Crippen MR) is 44.7 cm³/mol. The van der Waals surface area contributed by atoms with E-state index in [4.69, 9.17) is 5.11 Å². The third kappa shape index (κ3) is 4.20. The standard InChI is InChI=1S/C8H14O6/c1-4(7(11)5(2)9)8(12)14-13-6(3)10/h4-5,7,9,11H,1-3H3. The van der Waals surface area contributed by atoms with E-state index in [9.17, 15) is 14.7 Å². The van der Waals surface area contributed by atoms with E-state index in [-0.39, 0.29) is 0 Å². The lowest BCUT2D eigenvalue weighted by molar-refractivity contribution is -0.262. The number of hydrogen-bond donors (Lipinski definition) is 2. The number of carbonyl (C=O) groups excluding carboxylic acids is 2. The van der Waals surface area contributed by atoms with Crippen molar-refractivity contribution in [1.82, 2.24) is 0 Å². The lowest BCUT2D eigenvalue weighted by Gasteiger charge is -2.18. The monoisotopic (exact) mass is 206 g/mol. The summed E-state index contributed by atoms with van der Waals surface area (Å²) in [6.45, 7) is 3.76. The zero-order valence-electron chi connectivity index (χ0n) is 8.26. The number of rotatable bonds is 3. The summed E-state index contributed by atoms with van der Waals surface area (Å²) in [5.74, 6) is -2.64. The molecule has 0 radical (unpaired) electrons. The lowest BCUT2D eigenvalue weighted by atomic mass is 10.0. The maximum absolute atomic E-state index is 11.0. The van der Waals surface area contributed by atoms with Crippen LogP contribution in [0.2, 0.25) is 0 Å². The van der Waals surface area contributed by atoms with Gasteiger partial charge in [-0.2, -0.15) is 0 Å². The van der Waals surface area contributed by atoms with E-state index in [2.05, 4.69) is 9.78 Å². The molecular weight excluding hydrogens is 192 g/mol. The van der Waals surface area contributed by atoms with Gasteiger partial charge >= 0.3 is 11.9 Å². The normalized spacial score (nSPS) is 16.6. The summed E-state index contributed by atoms with van der Waals surface area (Å²) >= 11 is 0. The molecular formula is C8H14O6. The second-order valence-corrected chi connectivity index (χ2v) is 3.00. The average Bonchev–Trinajstić information content (AvgIpc) is 2.11. The molecule has 6 heteroatoms. The molecule has 0 bridgehead atoms. The zero-order chi connectivity index (χ0) is 11.3. The minimum absolute atomic E-state index is 0.767. The number of hydrogen-bond acceptors (Lipinski definition) is 6. The van der Waals surface area contributed by atoms with Crippen molar-refractivity contribution < 1.29 is 29.6 Å². The SMILES string of the molecule is CC(=O)OOC(=O)C(C)C(O)C(C)O. The van der Waals surface area contributed by atoms with Gasteiger partial charge in [-0.05, 0) is 13.8 Å². The molecule has 3 atom stereocenters. The Morgan fingerprint density at radius 3 is 2.00 bits per heavy atom. The first-order chi connectivity index (χ1) is 6.36. The molecule has 0 aliphatic rings. The minimum atomic E-state index is -1.25. The van der Waals surface area contributed by atoms with E-state index < -0.39 is 30.1 Å². The Labute approximate surface area is 81.4 Å². The van der Waals surface area contributed by atoms with Gasteiger partial charge in [0, 0.05) is 6.92 Å². The number of aliphatic hydroxyl groups is 2. The first kappa shape index (κ1) is 12.9. The fraction of sp³-hybridized carbons (Fsp3) is 0.750. The van der Waals surface area contributed by atoms with Gasteiger partial charge in [-0.15, -0.1) is 0 Å². The highest BCUT2D eigenvalue weighted by Gasteiger charge is 2.28. The molecule has 0 aliphatic heterocycles. The first-order valence-electron chi connectivity index (χ1n) is 4.11. The molecule has 0 aromatic carbocycles. The van der Waals surface area contributed by atoms with E-state index in [0.29, 0.717) is 0 Å². The van der Waals surface area contributed by atoms with E-state index in [0.717, 1.165) is 6.92 Å². The molecule has 0 saturated carbocycles. The summed E-state index contributed by atoms with van der Waals surface area (Å²) in [5, 5.41) is 18.2. The molecule has 6 nitrogen and oxygen atoms in total. The van der Waals surface area contributed by atoms with Gasteiger partial charge in [0.25, 0.3) is 0 Å². The quantitative estimate of drug-likeness (QED) is 0.472. The van der Waals surface area contributed by atoms with E-state index in [1.165, 1.54) is 13.8 Å². The van der Waals surface area contributed by atoms with Crippen LogP contribution in [-0.4, -0.2) is 34.4 Å². The molecule has 14 heavy (non-hydrogen) atoms. The molecule has 0 amide bonds. The maximum Gasteiger partial charge on any atom is 0.361 e. The van der Waals surface area contributed by atoms with Gasteiger partial charge < -0.3 is 10.2 Å². The first-order valence-corrected chi connectivity index (χ1v) is 4.11. The van der Waals surface area contributed by atoms with E-state index in [1.54, 1.807) is 0 Å². The molecule has 0 rings (SSSR count). The third-order valence-corrected chi connectivity index (χ3v) is 1.62. The van der Waals surface area contributed by atoms with Crippen molar-refractivity contribution in [1.29, 1.82) is 0 Å². The second kappa shape index (κ2) is 5.56. The Morgan fingerprint density at radius 2 is 1.64 bits per heavy atom. The Balaban J connectivity index is 4.05. The Morgan fingerprint density at radius 1 is 1.14 bits per heavy atom. The topological polar surface area (TPSA) is 93.1 Å². The van der Waals surface area contributed by atoms with Gasteiger partial charge in [0.15, 0.2) is 0 Å². The van der Waals surface area contributed by atoms with Crippen LogP contribution in [0.1, 0.15) is 20.8 Å². The summed E-state index contributed by atoms with van der Waals surface area (Å²) in [6.07, 6.45) is -2.31. The molecule has 0 heterocycles. The van der Waals surface area contributed by atoms with Crippen LogP contribution in [-0.2, 0) is 19.4 Å². The van der Waals surface area contributed by atoms with Crippen molar-refractivity contribution in [3.63, 3.8) is 0 Å². The molecule has 0 aromatic heterocycles. The summed E-state index contributed by atoms with van der Waals surface area (Å²) in [6, 6.07) is 0. The van der Waals surface area contributed by atoms with Gasteiger partial charge in [-0.3, -0.25) is 0 Å². The molecule has 0 spiro atoms. The van der Waals surface area contributed by atoms with Crippen LogP contribution in [0.25, 0.3) is 0 Å². The van der Waals surface area contributed by atoms with Crippen LogP contribution < -0.4 is 0 Å². The number of carbonyl (C=O) groups is 2. The summed E-state index contributed by atoms with van der Waals surface area (Å²) < 4.78 is 0. The molecule has 0 aromatic rings. The van der Waals surface area contributed by atoms with Gasteiger partial charge in [0.05, 0.1) is 18.1 Å². The Bertz CT molecular complexity index is 212. The lowest BCUT2D eigenvalue weighted by Crippen LogP contribution is -2.35. The highest BCUT2D eigenvalue weighted by Crippen LogP contribution is 2.09. The van der Waals surface area contributed by atoms with Crippen LogP contribution in [0.4, 0.5) is 0 Å². The van der Waals surface area contributed by atoms with Gasteiger partial charge in [-0.25, -0.2) is 19.4 Å². The second-order valence-electron chi connectivity index (χ2n) is 3.00. The van der Waals surface area contributed by atoms with Gasteiger partial charge in [-0.1, -0.05) is 0 Å². The van der Waals surface area contributed by atoms with Crippen molar-refractivity contribution >= 4 is 11.9 Å². The smallest absolute Gasteiger partial charge is 0.361 e. The highest BCUT2D eigenvalue weighted by molar-refractivity contribution is 5.74. The van der Waals surface area contributed by atoms with Crippen LogP contribution >= 0.6 is 0 Å². The zero-order valence-corrected chi connectivity index (χ0v) is 8.26. The van der Waals surface area contributed by atoms with Crippen molar-refractivity contribution in [3.05, 3.63) is 0 Å². The summed E-state index contributed by atoms with van der Waals surface area (Å²) in [5.41, 5.74) is 0. The van der Waals surface area contributed by atoms with Crippen molar-refractivity contribution in [2.24, 2.45) is 5.92 Å². The maximum atomic E-state index is 11.0. The fourth-order valence-corrected chi connectivity index (χ4v) is 0.733. The summed E-state index contributed by atoms with van der Waals surface area (Å²) in [4.78, 5) is 29.3. The molecule has 82 valence electrons. The minimum Gasteiger partial charge on any atom is -0.391 e. The third-order valence-electron chi connectivity index (χ3n) is 1.62. The highest BCUT2D eigenvalue weighted by atomic mass is 17.2. The van der Waals surface area contributed by atoms with Crippen LogP contribution in [0.5, 0.6) is 0 Å². The molecule has 2 N–H and O–H groups in total. The van der Waals surface area contributed by atoms with Gasteiger partial charge in [0.1, 0.15) is 0 Å². The molecule has 0 aliphatic carbocycles. The molecule has 0 fully saturated rings. The van der Waals surface area contributed by atoms with Crippen molar-refractivity contribution in [3.8, 4) is 0 Å². The fourth-order valence-electron chi connectivity index (χ4n) is 0.733. The van der Waals surface area contributed by atoms with Crippen LogP contribution in [0.3, 0.4) is 0 Å². The number of aliphatic hydroxyl groups excluding tert-OH is 2. The molecule has 3 unspecified atom stereocenters.